The molecule has 80 heavy (non-hydrogen) atoms. The molecule has 1 N–H and O–H groups in total. The van der Waals surface area contributed by atoms with Gasteiger partial charge in [0.1, 0.15) is 47.6 Å². The summed E-state index contributed by atoms with van der Waals surface area (Å²) >= 11 is 0. The zero-order valence-electron chi connectivity index (χ0n) is 44.5. The number of para-hydroxylation sites is 4. The summed E-state index contributed by atoms with van der Waals surface area (Å²) in [5.74, 6) is 2.30. The second-order valence-electron chi connectivity index (χ2n) is 20.2. The van der Waals surface area contributed by atoms with Crippen LogP contribution < -0.4 is 14.8 Å². The Morgan fingerprint density at radius 1 is 0.637 bits per heavy atom. The van der Waals surface area contributed by atoms with Crippen LogP contribution in [0, 0.1) is 11.3 Å². The van der Waals surface area contributed by atoms with Gasteiger partial charge in [-0.15, -0.1) is 0 Å². The van der Waals surface area contributed by atoms with Gasteiger partial charge in [-0.25, -0.2) is 19.6 Å². The van der Waals surface area contributed by atoms with Crippen LogP contribution in [0.2, 0.25) is 0 Å². The molecule has 1 saturated heterocycles. The van der Waals surface area contributed by atoms with E-state index in [4.69, 9.17) is 42.7 Å². The lowest BCUT2D eigenvalue weighted by molar-refractivity contribution is -0.158. The Kier molecular flexibility index (Phi) is 14.8. The molecule has 5 atom stereocenters. The Bertz CT molecular complexity index is 3590. The van der Waals surface area contributed by atoms with E-state index in [0.717, 1.165) is 33.4 Å². The third-order valence-corrected chi connectivity index (χ3v) is 16.8. The van der Waals surface area contributed by atoms with Crippen molar-refractivity contribution in [2.75, 3.05) is 18.5 Å². The molecular weight excluding hydrogens is 1030 g/mol. The molecule has 1 unspecified atom stereocenters. The molecule has 3 aliphatic rings. The molecule has 402 valence electrons. The van der Waals surface area contributed by atoms with Crippen LogP contribution >= 0.6 is 8.53 Å². The summed E-state index contributed by atoms with van der Waals surface area (Å²) in [5, 5.41) is 12.7. The van der Waals surface area contributed by atoms with E-state index in [-0.39, 0.29) is 43.4 Å². The summed E-state index contributed by atoms with van der Waals surface area (Å²) in [4.78, 5) is 28.1. The highest BCUT2D eigenvalue weighted by molar-refractivity contribution is 7.44. The van der Waals surface area contributed by atoms with Crippen molar-refractivity contribution in [2.24, 2.45) is 0 Å². The second-order valence-corrected chi connectivity index (χ2v) is 21.7. The van der Waals surface area contributed by atoms with Gasteiger partial charge in [-0.05, 0) is 75.2 Å². The van der Waals surface area contributed by atoms with Crippen molar-refractivity contribution < 1.29 is 37.5 Å². The number of nitriles is 1. The fourth-order valence-electron chi connectivity index (χ4n) is 11.4. The average Bonchev–Trinajstić information content (AvgIpc) is 4.17. The van der Waals surface area contributed by atoms with Gasteiger partial charge in [0.15, 0.2) is 34.4 Å². The highest BCUT2D eigenvalue weighted by atomic mass is 31.2. The molecule has 1 amide bonds. The number of nitrogens with one attached hydrogen (secondary N) is 1. The van der Waals surface area contributed by atoms with Crippen molar-refractivity contribution in [1.82, 2.24) is 24.2 Å². The number of hydrogen-bond donors (Lipinski definition) is 1. The largest absolute Gasteiger partial charge is 0.457 e. The molecular formula is C64H58N7O8P. The highest BCUT2D eigenvalue weighted by Gasteiger charge is 2.59. The molecule has 5 heterocycles. The lowest BCUT2D eigenvalue weighted by Gasteiger charge is -2.46. The zero-order valence-corrected chi connectivity index (χ0v) is 45.4. The molecule has 2 aromatic heterocycles. The van der Waals surface area contributed by atoms with Gasteiger partial charge in [0, 0.05) is 39.9 Å². The van der Waals surface area contributed by atoms with Crippen molar-refractivity contribution in [2.45, 2.75) is 81.9 Å². The fraction of sp³-hybridized carbons (Fsp3) is 0.234. The van der Waals surface area contributed by atoms with E-state index in [9.17, 15) is 10.1 Å². The Labute approximate surface area is 465 Å². The Morgan fingerprint density at radius 2 is 1.11 bits per heavy atom. The molecule has 7 aromatic carbocycles. The summed E-state index contributed by atoms with van der Waals surface area (Å²) in [6, 6.07) is 63.2. The maximum atomic E-state index is 13.8. The first-order valence-corrected chi connectivity index (χ1v) is 27.9. The maximum Gasteiger partial charge on any atom is 0.259 e. The number of anilines is 1. The van der Waals surface area contributed by atoms with Crippen molar-refractivity contribution >= 4 is 31.4 Å². The van der Waals surface area contributed by atoms with Gasteiger partial charge in [-0.3, -0.25) is 9.36 Å². The molecule has 0 saturated carbocycles. The minimum absolute atomic E-state index is 0.00752. The normalized spacial score (nSPS) is 18.8. The van der Waals surface area contributed by atoms with Gasteiger partial charge >= 0.3 is 0 Å². The predicted octanol–water partition coefficient (Wildman–Crippen LogP) is 13.2. The maximum absolute atomic E-state index is 13.8. The third kappa shape index (κ3) is 9.48. The number of imidazole rings is 1. The van der Waals surface area contributed by atoms with Gasteiger partial charge in [-0.2, -0.15) is 5.26 Å². The number of fused-ring (bicyclic) bond motifs is 5. The number of carbonyl (C=O) groups excluding carboxylic acids is 1. The Hall–Kier alpha value is -8.16. The molecule has 1 fully saturated rings. The summed E-state index contributed by atoms with van der Waals surface area (Å²) < 4.78 is 55.5. The molecule has 12 rings (SSSR count). The number of amides is 1. The van der Waals surface area contributed by atoms with Gasteiger partial charge in [-0.1, -0.05) is 152 Å². The summed E-state index contributed by atoms with van der Waals surface area (Å²) in [5.41, 5.74) is 3.06. The van der Waals surface area contributed by atoms with Crippen molar-refractivity contribution in [1.29, 1.82) is 5.26 Å². The number of aromatic nitrogens is 4. The van der Waals surface area contributed by atoms with Crippen molar-refractivity contribution in [3.63, 3.8) is 0 Å². The molecule has 16 heteroatoms. The smallest absolute Gasteiger partial charge is 0.259 e. The van der Waals surface area contributed by atoms with Crippen LogP contribution in [0.4, 0.5) is 5.82 Å². The quantitative estimate of drug-likeness (QED) is 0.0638. The average molecular weight is 1080 g/mol. The van der Waals surface area contributed by atoms with Crippen molar-refractivity contribution in [3.05, 3.63) is 240 Å². The van der Waals surface area contributed by atoms with E-state index in [1.54, 1.807) is 30.6 Å². The topological polar surface area (TPSA) is 164 Å². The van der Waals surface area contributed by atoms with E-state index >= 15 is 0 Å². The molecule has 0 aliphatic carbocycles. The summed E-state index contributed by atoms with van der Waals surface area (Å²) in [6.45, 7) is 8.50. The molecule has 0 spiro atoms. The van der Waals surface area contributed by atoms with Crippen LogP contribution in [0.3, 0.4) is 0 Å². The van der Waals surface area contributed by atoms with E-state index in [1.165, 1.54) is 6.33 Å². The van der Waals surface area contributed by atoms with Gasteiger partial charge < -0.3 is 38.0 Å². The number of nitrogens with zero attached hydrogens (tertiary/aromatic N) is 6. The number of rotatable bonds is 18. The molecule has 0 bridgehead atoms. The van der Waals surface area contributed by atoms with Crippen LogP contribution in [-0.4, -0.2) is 73.7 Å². The fourth-order valence-corrected chi connectivity index (χ4v) is 13.0. The van der Waals surface area contributed by atoms with E-state index in [0.29, 0.717) is 39.7 Å². The van der Waals surface area contributed by atoms with Crippen LogP contribution in [0.25, 0.3) is 11.2 Å². The minimum atomic E-state index is -1.79. The molecule has 15 nitrogen and oxygen atoms in total. The first-order valence-electron chi connectivity index (χ1n) is 26.8. The number of benzene rings is 7. The van der Waals surface area contributed by atoms with E-state index < -0.39 is 44.3 Å². The van der Waals surface area contributed by atoms with Gasteiger partial charge in [0.2, 0.25) is 0 Å². The van der Waals surface area contributed by atoms with Crippen LogP contribution in [0.1, 0.15) is 84.1 Å². The first-order chi connectivity index (χ1) is 39.2. The number of hydrogen-bond acceptors (Lipinski definition) is 13. The highest BCUT2D eigenvalue weighted by Crippen LogP contribution is 2.58. The second kappa shape index (κ2) is 22.5. The van der Waals surface area contributed by atoms with Gasteiger partial charge in [0.25, 0.3) is 14.4 Å². The molecule has 3 aliphatic heterocycles. The predicted molar refractivity (Wildman–Crippen MR) is 303 cm³/mol. The van der Waals surface area contributed by atoms with Crippen molar-refractivity contribution in [3.8, 4) is 29.1 Å². The van der Waals surface area contributed by atoms with Gasteiger partial charge in [0.05, 0.1) is 32.0 Å². The van der Waals surface area contributed by atoms with Crippen LogP contribution in [0.5, 0.6) is 23.0 Å². The first kappa shape index (κ1) is 52.5. The number of carbonyl (C=O) groups is 1. The lowest BCUT2D eigenvalue weighted by atomic mass is 9.77. The Morgan fingerprint density at radius 3 is 1.61 bits per heavy atom. The van der Waals surface area contributed by atoms with E-state index in [1.807, 2.05) is 144 Å². The molecule has 9 aromatic rings. The monoisotopic (exact) mass is 1080 g/mol. The van der Waals surface area contributed by atoms with Crippen LogP contribution in [0.15, 0.2) is 201 Å². The molecule has 0 radical (unpaired) electrons. The summed E-state index contributed by atoms with van der Waals surface area (Å²) in [6.07, 6.45) is -0.928. The summed E-state index contributed by atoms with van der Waals surface area (Å²) in [7, 11) is -1.79. The number of ether oxygens (including phenoxy) is 5. The minimum Gasteiger partial charge on any atom is -0.457 e. The Balaban J connectivity index is 1.11. The SMILES string of the molecule is CC(C)N(C(C)C)P(OCCC#N)OC[C@H]1O[C@@H](n2cnc3c(NC(=O)c4ccccc4)ncnc32)[C@H](OC2(c3ccccc3)c3ccccc3Oc3ccccc32)[C@@H]1OC1(c2ccccc2)c2ccccc2Oc2ccccc21. The third-order valence-electron chi connectivity index (χ3n) is 14.7. The van der Waals surface area contributed by atoms with E-state index in [2.05, 4.69) is 73.0 Å². The van der Waals surface area contributed by atoms with Crippen LogP contribution in [-0.2, 0) is 34.5 Å². The lowest BCUT2D eigenvalue weighted by Crippen LogP contribution is -2.50. The zero-order chi connectivity index (χ0) is 54.8. The standard InChI is InChI=1S/C64H58N7O8P/c1-42(2)71(43(3)4)80(73-38-22-37-65)74-39-55-57(78-63(45-25-10-6-11-26-45)47-29-14-18-33-51(47)75-52-34-19-15-30-48(52)63)58(62(77-55)70-41-68-56-59(66-40-67-60(56)70)69-61(72)44-23-8-5-9-24-44)79-64(46-27-12-7-13-28-46)49-31-16-20-35-53(49)76-54-36-21-17-32-50(54)64/h5-21,23-36,40-43,55,57-58,62H,22,38-39H2,1-4H3,(H,66,67,69,72)/t55-,57-,58-,62-,80?/m1/s1.